The van der Waals surface area contributed by atoms with Crippen LogP contribution in [0.1, 0.15) is 36.7 Å². The lowest BCUT2D eigenvalue weighted by Crippen LogP contribution is -2.26. The van der Waals surface area contributed by atoms with Crippen molar-refractivity contribution < 1.29 is 9.90 Å². The quantitative estimate of drug-likeness (QED) is 0.399. The van der Waals surface area contributed by atoms with Crippen molar-refractivity contribution in [1.29, 1.82) is 5.26 Å². The largest absolute Gasteiger partial charge is 0.389 e. The lowest BCUT2D eigenvalue weighted by Gasteiger charge is -2.16. The van der Waals surface area contributed by atoms with Gasteiger partial charge in [-0.15, -0.1) is 0 Å². The average Bonchev–Trinajstić information content (AvgIpc) is 3.37. The average molecular weight is 444 g/mol. The summed E-state index contributed by atoms with van der Waals surface area (Å²) in [4.78, 5) is 17.4. The van der Waals surface area contributed by atoms with Crippen molar-refractivity contribution >= 4 is 22.9 Å². The second-order valence-corrected chi connectivity index (χ2v) is 8.20. The number of amides is 1. The van der Waals surface area contributed by atoms with Crippen LogP contribution in [0.25, 0.3) is 16.9 Å². The minimum absolute atomic E-state index is 0.211. The second-order valence-electron chi connectivity index (χ2n) is 8.20. The van der Waals surface area contributed by atoms with Crippen LogP contribution in [0, 0.1) is 11.3 Å². The molecule has 168 valence electrons. The van der Waals surface area contributed by atoms with Crippen molar-refractivity contribution in [2.24, 2.45) is 0 Å². The molecule has 1 aromatic carbocycles. The third kappa shape index (κ3) is 4.68. The Kier molecular flexibility index (Phi) is 5.81. The van der Waals surface area contributed by atoms with Gasteiger partial charge in [0.1, 0.15) is 11.3 Å². The molecule has 33 heavy (non-hydrogen) atoms. The molecule has 1 amide bonds. The van der Waals surface area contributed by atoms with Gasteiger partial charge in [0.15, 0.2) is 5.65 Å². The molecular weight excluding hydrogens is 420 g/mol. The van der Waals surface area contributed by atoms with Crippen molar-refractivity contribution in [3.05, 3.63) is 60.2 Å². The van der Waals surface area contributed by atoms with E-state index in [4.69, 9.17) is 0 Å². The SMILES string of the molecule is CCNc1ccc(C#N)cc1-c1nn(CC(C)(C)O)cc1NC(=O)c1cnn2cccnc12. The second kappa shape index (κ2) is 8.72. The maximum absolute atomic E-state index is 13.1. The number of nitriles is 1. The number of hydrogen-bond donors (Lipinski definition) is 3. The highest BCUT2D eigenvalue weighted by molar-refractivity contribution is 6.09. The summed E-state index contributed by atoms with van der Waals surface area (Å²) in [5, 5.41) is 34.7. The van der Waals surface area contributed by atoms with Gasteiger partial charge in [0.25, 0.3) is 5.91 Å². The van der Waals surface area contributed by atoms with E-state index < -0.39 is 11.5 Å². The third-order valence-electron chi connectivity index (χ3n) is 4.85. The van der Waals surface area contributed by atoms with E-state index >= 15 is 0 Å². The van der Waals surface area contributed by atoms with Crippen LogP contribution in [0.2, 0.25) is 0 Å². The summed E-state index contributed by atoms with van der Waals surface area (Å²) < 4.78 is 3.10. The topological polar surface area (TPSA) is 133 Å². The summed E-state index contributed by atoms with van der Waals surface area (Å²) in [5.74, 6) is -0.394. The monoisotopic (exact) mass is 444 g/mol. The molecule has 3 N–H and O–H groups in total. The van der Waals surface area contributed by atoms with E-state index in [2.05, 4.69) is 31.9 Å². The summed E-state index contributed by atoms with van der Waals surface area (Å²) in [7, 11) is 0. The summed E-state index contributed by atoms with van der Waals surface area (Å²) >= 11 is 0. The lowest BCUT2D eigenvalue weighted by molar-refractivity contribution is 0.0578. The Bertz CT molecular complexity index is 1360. The minimum atomic E-state index is -1.02. The van der Waals surface area contributed by atoms with Gasteiger partial charge >= 0.3 is 0 Å². The molecule has 0 aliphatic carbocycles. The number of benzene rings is 1. The molecule has 3 heterocycles. The Balaban J connectivity index is 1.79. The van der Waals surface area contributed by atoms with Crippen molar-refractivity contribution in [2.75, 3.05) is 17.2 Å². The van der Waals surface area contributed by atoms with Gasteiger partial charge in [0.05, 0.1) is 35.7 Å². The number of carbonyl (C=O) groups excluding carboxylic acids is 1. The number of carbonyl (C=O) groups is 1. The van der Waals surface area contributed by atoms with Crippen LogP contribution in [-0.2, 0) is 6.54 Å². The van der Waals surface area contributed by atoms with Gasteiger partial charge in [-0.05, 0) is 45.0 Å². The lowest BCUT2D eigenvalue weighted by atomic mass is 10.0. The molecule has 0 aliphatic rings. The predicted molar refractivity (Wildman–Crippen MR) is 124 cm³/mol. The Labute approximate surface area is 190 Å². The van der Waals surface area contributed by atoms with E-state index in [-0.39, 0.29) is 6.54 Å². The van der Waals surface area contributed by atoms with Crippen LogP contribution >= 0.6 is 0 Å². The van der Waals surface area contributed by atoms with Gasteiger partial charge in [0, 0.05) is 36.4 Å². The number of hydrogen-bond acceptors (Lipinski definition) is 7. The standard InChI is InChI=1S/C23H24N8O2/c1-4-25-18-7-6-15(11-24)10-16(18)20-19(13-30(29-20)14-23(2,3)33)28-22(32)17-12-27-31-9-5-8-26-21(17)31/h5-10,12-13,25,33H,4,14H2,1-3H3,(H,28,32). The smallest absolute Gasteiger partial charge is 0.261 e. The van der Waals surface area contributed by atoms with E-state index in [9.17, 15) is 15.2 Å². The van der Waals surface area contributed by atoms with E-state index in [1.165, 1.54) is 10.7 Å². The highest BCUT2D eigenvalue weighted by Crippen LogP contribution is 2.34. The molecule has 0 spiro atoms. The molecule has 0 saturated heterocycles. The zero-order chi connectivity index (χ0) is 23.6. The Hall–Kier alpha value is -4.23. The van der Waals surface area contributed by atoms with Gasteiger partial charge in [-0.25, -0.2) is 9.50 Å². The van der Waals surface area contributed by atoms with E-state index in [0.717, 1.165) is 5.69 Å². The fourth-order valence-corrected chi connectivity index (χ4v) is 3.52. The summed E-state index contributed by atoms with van der Waals surface area (Å²) in [6.07, 6.45) is 6.43. The van der Waals surface area contributed by atoms with Crippen molar-refractivity contribution in [2.45, 2.75) is 32.9 Å². The number of aromatic nitrogens is 5. The molecule has 0 radical (unpaired) electrons. The van der Waals surface area contributed by atoms with Crippen molar-refractivity contribution in [1.82, 2.24) is 24.4 Å². The van der Waals surface area contributed by atoms with Crippen molar-refractivity contribution in [3.63, 3.8) is 0 Å². The van der Waals surface area contributed by atoms with E-state index in [1.54, 1.807) is 55.3 Å². The predicted octanol–water partition coefficient (Wildman–Crippen LogP) is 2.92. The normalized spacial score (nSPS) is 11.4. The summed E-state index contributed by atoms with van der Waals surface area (Å²) in [5.41, 5.74) is 2.55. The fraction of sp³-hybridized carbons (Fsp3) is 0.261. The molecule has 0 fully saturated rings. The molecule has 0 unspecified atom stereocenters. The van der Waals surface area contributed by atoms with Crippen LogP contribution in [-0.4, -0.2) is 47.5 Å². The van der Waals surface area contributed by atoms with Gasteiger partial charge < -0.3 is 15.7 Å². The minimum Gasteiger partial charge on any atom is -0.389 e. The molecule has 0 saturated carbocycles. The zero-order valence-corrected chi connectivity index (χ0v) is 18.6. The van der Waals surface area contributed by atoms with Gasteiger partial charge in [-0.1, -0.05) is 0 Å². The van der Waals surface area contributed by atoms with E-state index in [0.29, 0.717) is 40.3 Å². The Morgan fingerprint density at radius 3 is 2.85 bits per heavy atom. The molecule has 0 aliphatic heterocycles. The number of rotatable bonds is 7. The van der Waals surface area contributed by atoms with Crippen LogP contribution in [0.3, 0.4) is 0 Å². The molecule has 0 atom stereocenters. The summed E-state index contributed by atoms with van der Waals surface area (Å²) in [6, 6.07) is 9.13. The molecule has 10 heteroatoms. The van der Waals surface area contributed by atoms with Crippen LogP contribution in [0.4, 0.5) is 11.4 Å². The fourth-order valence-electron chi connectivity index (χ4n) is 3.52. The first kappa shape index (κ1) is 22.0. The molecule has 4 aromatic rings. The van der Waals surface area contributed by atoms with Crippen LogP contribution in [0.15, 0.2) is 49.1 Å². The molecule has 10 nitrogen and oxygen atoms in total. The number of nitrogens with zero attached hydrogens (tertiary/aromatic N) is 6. The molecule has 0 bridgehead atoms. The first-order valence-electron chi connectivity index (χ1n) is 10.5. The third-order valence-corrected chi connectivity index (χ3v) is 4.85. The van der Waals surface area contributed by atoms with Crippen LogP contribution in [0.5, 0.6) is 0 Å². The number of anilines is 2. The maximum Gasteiger partial charge on any atom is 0.261 e. The highest BCUT2D eigenvalue weighted by atomic mass is 16.3. The molecule has 3 aromatic heterocycles. The first-order chi connectivity index (χ1) is 15.8. The number of aliphatic hydroxyl groups is 1. The summed E-state index contributed by atoms with van der Waals surface area (Å²) in [6.45, 7) is 6.20. The molecule has 4 rings (SSSR count). The van der Waals surface area contributed by atoms with Crippen LogP contribution < -0.4 is 10.6 Å². The van der Waals surface area contributed by atoms with Gasteiger partial charge in [-0.2, -0.15) is 15.5 Å². The van der Waals surface area contributed by atoms with E-state index in [1.807, 2.05) is 13.0 Å². The number of fused-ring (bicyclic) bond motifs is 1. The van der Waals surface area contributed by atoms with Gasteiger partial charge in [0.2, 0.25) is 0 Å². The molecular formula is C23H24N8O2. The first-order valence-corrected chi connectivity index (χ1v) is 10.5. The highest BCUT2D eigenvalue weighted by Gasteiger charge is 2.22. The maximum atomic E-state index is 13.1. The number of nitrogens with one attached hydrogen (secondary N) is 2. The van der Waals surface area contributed by atoms with Gasteiger partial charge in [-0.3, -0.25) is 9.48 Å². The van der Waals surface area contributed by atoms with Crippen molar-refractivity contribution in [3.8, 4) is 17.3 Å². The Morgan fingerprint density at radius 1 is 1.30 bits per heavy atom. The zero-order valence-electron chi connectivity index (χ0n) is 18.6. The Morgan fingerprint density at radius 2 is 2.12 bits per heavy atom.